The summed E-state index contributed by atoms with van der Waals surface area (Å²) < 4.78 is 7.47. The first kappa shape index (κ1) is 14.4. The maximum atomic E-state index is 5.45. The molecule has 1 saturated carbocycles. The van der Waals surface area contributed by atoms with E-state index in [1.807, 2.05) is 12.3 Å². The molecule has 1 N–H and O–H groups in total. The minimum atomic E-state index is 0.191. The third-order valence-electron chi connectivity index (χ3n) is 3.86. The van der Waals surface area contributed by atoms with E-state index in [4.69, 9.17) is 4.74 Å². The number of ether oxygens (including phenoxy) is 1. The van der Waals surface area contributed by atoms with Crippen LogP contribution in [0.25, 0.3) is 0 Å². The maximum Gasteiger partial charge on any atom is 0.0684 e. The molecule has 0 spiro atoms. The van der Waals surface area contributed by atoms with Crippen molar-refractivity contribution in [2.75, 3.05) is 7.11 Å². The molecule has 0 aromatic carbocycles. The molecule has 2 rings (SSSR count). The van der Waals surface area contributed by atoms with Crippen LogP contribution in [0.5, 0.6) is 0 Å². The summed E-state index contributed by atoms with van der Waals surface area (Å²) in [4.78, 5) is 4.41. The third-order valence-corrected chi connectivity index (χ3v) is 4.98. The Bertz CT molecular complexity index is 437. The van der Waals surface area contributed by atoms with Gasteiger partial charge in [0.15, 0.2) is 0 Å². The van der Waals surface area contributed by atoms with Crippen molar-refractivity contribution in [3.8, 4) is 0 Å². The number of aromatic nitrogens is 1. The van der Waals surface area contributed by atoms with Crippen molar-refractivity contribution in [1.82, 2.24) is 10.3 Å². The predicted octanol–water partition coefficient (Wildman–Crippen LogP) is 3.51. The Morgan fingerprint density at radius 1 is 1.50 bits per heavy atom. The van der Waals surface area contributed by atoms with Crippen molar-refractivity contribution in [2.24, 2.45) is 5.41 Å². The van der Waals surface area contributed by atoms with Gasteiger partial charge in [0.05, 0.1) is 11.8 Å². The summed E-state index contributed by atoms with van der Waals surface area (Å²) in [5.41, 5.74) is 1.23. The summed E-state index contributed by atoms with van der Waals surface area (Å²) >= 11 is 6.94. The van der Waals surface area contributed by atoms with Gasteiger partial charge in [0.25, 0.3) is 0 Å². The fourth-order valence-electron chi connectivity index (χ4n) is 2.42. The summed E-state index contributed by atoms with van der Waals surface area (Å²) in [6.07, 6.45) is 3.25. The van der Waals surface area contributed by atoms with E-state index in [-0.39, 0.29) is 5.41 Å². The van der Waals surface area contributed by atoms with E-state index in [9.17, 15) is 0 Å². The van der Waals surface area contributed by atoms with Crippen LogP contribution in [0.1, 0.15) is 26.0 Å². The smallest absolute Gasteiger partial charge is 0.0684 e. The molecular formula is C13H18Br2N2O. The Morgan fingerprint density at radius 2 is 2.22 bits per heavy atom. The van der Waals surface area contributed by atoms with Gasteiger partial charge in [-0.15, -0.1) is 0 Å². The van der Waals surface area contributed by atoms with Crippen LogP contribution in [0.3, 0.4) is 0 Å². The topological polar surface area (TPSA) is 34.1 Å². The highest BCUT2D eigenvalue weighted by Crippen LogP contribution is 2.42. The molecular weight excluding hydrogens is 360 g/mol. The molecule has 1 aromatic heterocycles. The summed E-state index contributed by atoms with van der Waals surface area (Å²) in [5.74, 6) is 0. The molecule has 0 bridgehead atoms. The minimum Gasteiger partial charge on any atom is -0.381 e. The second kappa shape index (κ2) is 5.57. The number of hydrogen-bond acceptors (Lipinski definition) is 3. The number of nitrogens with one attached hydrogen (secondary N) is 1. The van der Waals surface area contributed by atoms with E-state index >= 15 is 0 Å². The lowest BCUT2D eigenvalue weighted by Crippen LogP contribution is -2.60. The largest absolute Gasteiger partial charge is 0.381 e. The molecule has 1 aromatic rings. The lowest BCUT2D eigenvalue weighted by Gasteiger charge is -2.51. The maximum absolute atomic E-state index is 5.45. The van der Waals surface area contributed by atoms with E-state index < -0.39 is 0 Å². The Balaban J connectivity index is 1.93. The molecule has 1 heterocycles. The quantitative estimate of drug-likeness (QED) is 0.871. The van der Waals surface area contributed by atoms with Gasteiger partial charge < -0.3 is 10.1 Å². The van der Waals surface area contributed by atoms with Gasteiger partial charge in [0.2, 0.25) is 0 Å². The van der Waals surface area contributed by atoms with Crippen molar-refractivity contribution in [2.45, 2.75) is 39.0 Å². The van der Waals surface area contributed by atoms with Gasteiger partial charge in [-0.3, -0.25) is 4.98 Å². The second-order valence-electron chi connectivity index (χ2n) is 5.30. The molecule has 0 radical (unpaired) electrons. The number of halogens is 2. The standard InChI is InChI=1S/C13H18Br2N2O/c1-13(2)11(5-12(13)18-3)17-7-10-9(15)4-8(14)6-16-10/h4,6,11-12,17H,5,7H2,1-3H3. The van der Waals surface area contributed by atoms with Crippen molar-refractivity contribution in [3.05, 3.63) is 26.9 Å². The SMILES string of the molecule is COC1CC(NCc2ncc(Br)cc2Br)C1(C)C. The highest BCUT2D eigenvalue weighted by atomic mass is 79.9. The average molecular weight is 378 g/mol. The number of methoxy groups -OCH3 is 1. The summed E-state index contributed by atoms with van der Waals surface area (Å²) in [5, 5.41) is 3.56. The van der Waals surface area contributed by atoms with E-state index in [2.05, 4.69) is 56.0 Å². The molecule has 3 nitrogen and oxygen atoms in total. The zero-order valence-electron chi connectivity index (χ0n) is 10.8. The second-order valence-corrected chi connectivity index (χ2v) is 7.07. The van der Waals surface area contributed by atoms with Gasteiger partial charge in [-0.1, -0.05) is 13.8 Å². The van der Waals surface area contributed by atoms with Crippen LogP contribution in [0.2, 0.25) is 0 Å². The first-order valence-corrected chi connectivity index (χ1v) is 7.60. The fourth-order valence-corrected chi connectivity index (χ4v) is 3.55. The molecule has 0 amide bonds. The molecule has 0 aliphatic heterocycles. The average Bonchev–Trinajstić information content (AvgIpc) is 2.30. The Hall–Kier alpha value is 0.0300. The van der Waals surface area contributed by atoms with Crippen molar-refractivity contribution < 1.29 is 4.74 Å². The molecule has 1 aliphatic carbocycles. The monoisotopic (exact) mass is 376 g/mol. The summed E-state index contributed by atoms with van der Waals surface area (Å²) in [6, 6.07) is 2.51. The minimum absolute atomic E-state index is 0.191. The molecule has 2 unspecified atom stereocenters. The normalized spacial score (nSPS) is 25.8. The van der Waals surface area contributed by atoms with E-state index in [1.54, 1.807) is 7.11 Å². The Kier molecular flexibility index (Phi) is 4.47. The molecule has 5 heteroatoms. The zero-order valence-corrected chi connectivity index (χ0v) is 14.0. The van der Waals surface area contributed by atoms with Gasteiger partial charge in [0, 0.05) is 40.3 Å². The Morgan fingerprint density at radius 3 is 2.78 bits per heavy atom. The van der Waals surface area contributed by atoms with Crippen LogP contribution in [0.15, 0.2) is 21.2 Å². The molecule has 18 heavy (non-hydrogen) atoms. The fraction of sp³-hybridized carbons (Fsp3) is 0.615. The van der Waals surface area contributed by atoms with Crippen LogP contribution < -0.4 is 5.32 Å². The Labute approximate surface area is 125 Å². The van der Waals surface area contributed by atoms with Gasteiger partial charge in [-0.25, -0.2) is 0 Å². The lowest BCUT2D eigenvalue weighted by molar-refractivity contribution is -0.0979. The van der Waals surface area contributed by atoms with Crippen LogP contribution >= 0.6 is 31.9 Å². The summed E-state index contributed by atoms with van der Waals surface area (Å²) in [7, 11) is 1.79. The molecule has 2 atom stereocenters. The highest BCUT2D eigenvalue weighted by molar-refractivity contribution is 9.11. The summed E-state index contributed by atoms with van der Waals surface area (Å²) in [6.45, 7) is 5.26. The van der Waals surface area contributed by atoms with E-state index in [0.717, 1.165) is 27.6 Å². The van der Waals surface area contributed by atoms with Gasteiger partial charge in [-0.05, 0) is 44.3 Å². The van der Waals surface area contributed by atoms with Crippen molar-refractivity contribution >= 4 is 31.9 Å². The van der Waals surface area contributed by atoms with E-state index in [1.165, 1.54) is 0 Å². The predicted molar refractivity (Wildman–Crippen MR) is 79.5 cm³/mol. The lowest BCUT2D eigenvalue weighted by atomic mass is 9.64. The first-order valence-electron chi connectivity index (χ1n) is 6.01. The zero-order chi connectivity index (χ0) is 13.3. The van der Waals surface area contributed by atoms with Crippen LogP contribution in [0.4, 0.5) is 0 Å². The third kappa shape index (κ3) is 2.79. The van der Waals surface area contributed by atoms with Gasteiger partial charge in [-0.2, -0.15) is 0 Å². The molecule has 100 valence electrons. The molecule has 0 saturated heterocycles. The van der Waals surface area contributed by atoms with Gasteiger partial charge in [0.1, 0.15) is 0 Å². The number of pyridine rings is 1. The number of nitrogens with zero attached hydrogens (tertiary/aromatic N) is 1. The van der Waals surface area contributed by atoms with Gasteiger partial charge >= 0.3 is 0 Å². The number of hydrogen-bond donors (Lipinski definition) is 1. The molecule has 1 fully saturated rings. The first-order chi connectivity index (χ1) is 8.45. The van der Waals surface area contributed by atoms with Crippen LogP contribution in [0, 0.1) is 5.41 Å². The van der Waals surface area contributed by atoms with E-state index in [0.29, 0.717) is 12.1 Å². The van der Waals surface area contributed by atoms with Crippen LogP contribution in [-0.2, 0) is 11.3 Å². The number of rotatable bonds is 4. The van der Waals surface area contributed by atoms with Crippen molar-refractivity contribution in [1.29, 1.82) is 0 Å². The van der Waals surface area contributed by atoms with Crippen molar-refractivity contribution in [3.63, 3.8) is 0 Å². The molecule has 1 aliphatic rings. The highest BCUT2D eigenvalue weighted by Gasteiger charge is 2.48. The van der Waals surface area contributed by atoms with Crippen LogP contribution in [-0.4, -0.2) is 24.2 Å².